The predicted octanol–water partition coefficient (Wildman–Crippen LogP) is 3.58. The van der Waals surface area contributed by atoms with Crippen LogP contribution in [0.3, 0.4) is 0 Å². The Bertz CT molecular complexity index is 979. The van der Waals surface area contributed by atoms with Crippen molar-refractivity contribution < 1.29 is 9.57 Å². The molecule has 3 aromatic rings. The van der Waals surface area contributed by atoms with Crippen molar-refractivity contribution in [3.63, 3.8) is 0 Å². The number of hydrogen-bond donors (Lipinski definition) is 2. The molecule has 1 atom stereocenters. The molecule has 2 N–H and O–H groups in total. The topological polar surface area (TPSA) is 84.4 Å². The van der Waals surface area contributed by atoms with Gasteiger partial charge >= 0.3 is 0 Å². The molecular weight excluding hydrogens is 398 g/mol. The molecule has 28 heavy (non-hydrogen) atoms. The van der Waals surface area contributed by atoms with E-state index >= 15 is 0 Å². The van der Waals surface area contributed by atoms with E-state index in [9.17, 15) is 0 Å². The summed E-state index contributed by atoms with van der Waals surface area (Å²) >= 11 is 7.59. The van der Waals surface area contributed by atoms with Crippen LogP contribution in [0.1, 0.15) is 5.56 Å². The molecule has 9 heteroatoms. The summed E-state index contributed by atoms with van der Waals surface area (Å²) in [5, 5.41) is 8.43. The summed E-state index contributed by atoms with van der Waals surface area (Å²) in [5.74, 6) is 2.70. The third-order valence-electron chi connectivity index (χ3n) is 4.10. The highest BCUT2D eigenvalue weighted by molar-refractivity contribution is 7.99. The van der Waals surface area contributed by atoms with E-state index in [1.165, 1.54) is 11.8 Å². The number of aliphatic imine (C=N–C) groups is 1. The number of nitrogens with zero attached hydrogens (tertiary/aromatic N) is 3. The standard InChI is InChI=1S/C19H18ClN5O2S/c1-26-16-8-7-13(20)9-15(16)18-22-19(24-23-18)28-11-14-10-21-17(25-27-14)12-5-3-2-4-6-12/h2-9,14H,10-11H2,1H3,(H,21,25)(H,22,23,24)/t14-/m0/s1. The number of rotatable bonds is 6. The van der Waals surface area contributed by atoms with Gasteiger partial charge in [0.1, 0.15) is 11.9 Å². The summed E-state index contributed by atoms with van der Waals surface area (Å²) in [7, 11) is 1.61. The molecular formula is C19H18ClN5O2S. The number of amidine groups is 1. The Kier molecular flexibility index (Phi) is 5.80. The number of halogens is 1. The predicted molar refractivity (Wildman–Crippen MR) is 110 cm³/mol. The number of hydroxylamine groups is 1. The Labute approximate surface area is 171 Å². The van der Waals surface area contributed by atoms with Crippen LogP contribution in [-0.2, 0) is 4.84 Å². The van der Waals surface area contributed by atoms with Crippen molar-refractivity contribution in [2.75, 3.05) is 19.4 Å². The largest absolute Gasteiger partial charge is 0.496 e. The fraction of sp³-hybridized carbons (Fsp3) is 0.211. The van der Waals surface area contributed by atoms with Crippen LogP contribution >= 0.6 is 23.4 Å². The lowest BCUT2D eigenvalue weighted by atomic mass is 10.2. The second-order valence-electron chi connectivity index (χ2n) is 6.02. The van der Waals surface area contributed by atoms with Crippen LogP contribution in [0.5, 0.6) is 5.75 Å². The molecule has 0 bridgehead atoms. The minimum Gasteiger partial charge on any atom is -0.496 e. The number of H-pyrrole nitrogens is 1. The van der Waals surface area contributed by atoms with Crippen molar-refractivity contribution in [2.45, 2.75) is 11.3 Å². The van der Waals surface area contributed by atoms with E-state index in [4.69, 9.17) is 21.2 Å². The first-order chi connectivity index (χ1) is 13.7. The number of ether oxygens (including phenoxy) is 1. The highest BCUT2D eigenvalue weighted by Gasteiger charge is 2.19. The van der Waals surface area contributed by atoms with Crippen molar-refractivity contribution in [3.05, 3.63) is 59.1 Å². The maximum atomic E-state index is 6.09. The minimum atomic E-state index is -0.0693. The SMILES string of the molecule is COc1ccc(Cl)cc1-c1nc(SC[C@@H]2CN=C(c3ccccc3)NO2)n[nH]1. The van der Waals surface area contributed by atoms with Crippen LogP contribution in [0.25, 0.3) is 11.4 Å². The van der Waals surface area contributed by atoms with Crippen LogP contribution in [0.2, 0.25) is 5.02 Å². The Morgan fingerprint density at radius 1 is 1.25 bits per heavy atom. The molecule has 0 saturated carbocycles. The van der Waals surface area contributed by atoms with Crippen LogP contribution in [0, 0.1) is 0 Å². The molecule has 0 fully saturated rings. The molecule has 1 aliphatic heterocycles. The van der Waals surface area contributed by atoms with Crippen LogP contribution in [-0.4, -0.2) is 46.5 Å². The maximum absolute atomic E-state index is 6.09. The van der Waals surface area contributed by atoms with Crippen molar-refractivity contribution in [1.29, 1.82) is 0 Å². The van der Waals surface area contributed by atoms with E-state index in [0.717, 1.165) is 17.0 Å². The van der Waals surface area contributed by atoms with Gasteiger partial charge in [-0.25, -0.2) is 10.5 Å². The lowest BCUT2D eigenvalue weighted by molar-refractivity contribution is 0.0212. The molecule has 7 nitrogen and oxygen atoms in total. The Balaban J connectivity index is 1.37. The van der Waals surface area contributed by atoms with Gasteiger partial charge in [0.2, 0.25) is 5.16 Å². The van der Waals surface area contributed by atoms with E-state index in [1.807, 2.05) is 30.3 Å². The summed E-state index contributed by atoms with van der Waals surface area (Å²) in [5.41, 5.74) is 4.70. The molecule has 2 aromatic carbocycles. The van der Waals surface area contributed by atoms with Gasteiger partial charge in [-0.1, -0.05) is 53.7 Å². The zero-order chi connectivity index (χ0) is 19.3. The summed E-state index contributed by atoms with van der Waals surface area (Å²) in [6.07, 6.45) is -0.0693. The van der Waals surface area contributed by atoms with Gasteiger partial charge in [-0.3, -0.25) is 14.9 Å². The quantitative estimate of drug-likeness (QED) is 0.598. The Morgan fingerprint density at radius 2 is 2.11 bits per heavy atom. The average molecular weight is 416 g/mol. The van der Waals surface area contributed by atoms with E-state index in [0.29, 0.717) is 34.1 Å². The molecule has 0 amide bonds. The third-order valence-corrected chi connectivity index (χ3v) is 5.32. The second kappa shape index (κ2) is 8.64. The number of benzene rings is 2. The highest BCUT2D eigenvalue weighted by atomic mass is 35.5. The number of methoxy groups -OCH3 is 1. The summed E-state index contributed by atoms with van der Waals surface area (Å²) in [4.78, 5) is 14.8. The number of aromatic amines is 1. The minimum absolute atomic E-state index is 0.0693. The van der Waals surface area contributed by atoms with Gasteiger partial charge in [0, 0.05) is 16.3 Å². The summed E-state index contributed by atoms with van der Waals surface area (Å²) < 4.78 is 5.37. The lowest BCUT2D eigenvalue weighted by Crippen LogP contribution is -2.38. The summed E-state index contributed by atoms with van der Waals surface area (Å²) in [6.45, 7) is 0.573. The average Bonchev–Trinajstić information content (AvgIpc) is 3.22. The molecule has 0 radical (unpaired) electrons. The van der Waals surface area contributed by atoms with Crippen LogP contribution < -0.4 is 10.2 Å². The number of thioether (sulfide) groups is 1. The van der Waals surface area contributed by atoms with Gasteiger partial charge in [-0.15, -0.1) is 5.10 Å². The van der Waals surface area contributed by atoms with Crippen molar-refractivity contribution in [2.24, 2.45) is 4.99 Å². The first kappa shape index (κ1) is 18.8. The second-order valence-corrected chi connectivity index (χ2v) is 7.44. The molecule has 1 aliphatic rings. The number of nitrogens with one attached hydrogen (secondary N) is 2. The molecule has 2 heterocycles. The fourth-order valence-corrected chi connectivity index (χ4v) is 3.65. The Morgan fingerprint density at radius 3 is 2.86 bits per heavy atom. The smallest absolute Gasteiger partial charge is 0.208 e. The Hall–Kier alpha value is -2.55. The first-order valence-corrected chi connectivity index (χ1v) is 10.00. The number of aromatic nitrogens is 3. The molecule has 0 spiro atoms. The normalized spacial score (nSPS) is 16.4. The highest BCUT2D eigenvalue weighted by Crippen LogP contribution is 2.31. The van der Waals surface area contributed by atoms with Gasteiger partial charge in [-0.05, 0) is 18.2 Å². The third kappa shape index (κ3) is 4.30. The molecule has 144 valence electrons. The van der Waals surface area contributed by atoms with Gasteiger partial charge < -0.3 is 4.74 Å². The van der Waals surface area contributed by atoms with Gasteiger partial charge in [-0.2, -0.15) is 0 Å². The van der Waals surface area contributed by atoms with Crippen LogP contribution in [0.4, 0.5) is 0 Å². The molecule has 0 unspecified atom stereocenters. The van der Waals surface area contributed by atoms with E-state index < -0.39 is 0 Å². The molecule has 0 saturated heterocycles. The fourth-order valence-electron chi connectivity index (χ4n) is 2.70. The van der Waals surface area contributed by atoms with Crippen molar-refractivity contribution in [3.8, 4) is 17.1 Å². The number of hydrogen-bond acceptors (Lipinski definition) is 7. The lowest BCUT2D eigenvalue weighted by Gasteiger charge is -2.22. The zero-order valence-electron chi connectivity index (χ0n) is 15.1. The van der Waals surface area contributed by atoms with E-state index in [2.05, 4.69) is 25.7 Å². The monoisotopic (exact) mass is 415 g/mol. The van der Waals surface area contributed by atoms with Crippen molar-refractivity contribution >= 4 is 29.2 Å². The molecule has 4 rings (SSSR count). The summed E-state index contributed by atoms with van der Waals surface area (Å²) in [6, 6.07) is 15.3. The molecule has 0 aliphatic carbocycles. The van der Waals surface area contributed by atoms with Gasteiger partial charge in [0.05, 0.1) is 19.2 Å². The first-order valence-electron chi connectivity index (χ1n) is 8.63. The van der Waals surface area contributed by atoms with Crippen LogP contribution in [0.15, 0.2) is 58.7 Å². The molecule has 1 aromatic heterocycles. The van der Waals surface area contributed by atoms with Crippen molar-refractivity contribution in [1.82, 2.24) is 20.7 Å². The van der Waals surface area contributed by atoms with E-state index in [-0.39, 0.29) is 6.10 Å². The van der Waals surface area contributed by atoms with Gasteiger partial charge in [0.25, 0.3) is 0 Å². The zero-order valence-corrected chi connectivity index (χ0v) is 16.6. The van der Waals surface area contributed by atoms with Gasteiger partial charge in [0.15, 0.2) is 11.7 Å². The maximum Gasteiger partial charge on any atom is 0.208 e. The van der Waals surface area contributed by atoms with E-state index in [1.54, 1.807) is 25.3 Å².